The second kappa shape index (κ2) is 13.6. The molecule has 1 aromatic rings. The molecule has 3 aliphatic carbocycles. The van der Waals surface area contributed by atoms with E-state index in [0.29, 0.717) is 5.92 Å². The number of halogens is 2. The lowest BCUT2D eigenvalue weighted by molar-refractivity contribution is -0.140. The Bertz CT molecular complexity index is 924. The predicted octanol–water partition coefficient (Wildman–Crippen LogP) is 8.82. The molecule has 0 radical (unpaired) electrons. The van der Waals surface area contributed by atoms with Crippen molar-refractivity contribution in [3.05, 3.63) is 48.1 Å². The molecule has 204 valence electrons. The Kier molecular flexibility index (Phi) is 10.2. The lowest BCUT2D eigenvalue weighted by Gasteiger charge is -2.45. The summed E-state index contributed by atoms with van der Waals surface area (Å²) in [6.07, 6.45) is 22.5. The number of carbonyl (C=O) groups excluding carboxylic acids is 1. The molecule has 0 amide bonds. The second-order valence-corrected chi connectivity index (χ2v) is 11.5. The van der Waals surface area contributed by atoms with E-state index in [1.807, 2.05) is 0 Å². The molecule has 4 rings (SSSR count). The Morgan fingerprint density at radius 2 is 1.43 bits per heavy atom. The van der Waals surface area contributed by atoms with Crippen LogP contribution in [0.1, 0.15) is 90.9 Å². The Labute approximate surface area is 221 Å². The van der Waals surface area contributed by atoms with Crippen LogP contribution in [0.2, 0.25) is 0 Å². The predicted molar refractivity (Wildman–Crippen MR) is 143 cm³/mol. The van der Waals surface area contributed by atoms with Crippen molar-refractivity contribution in [2.75, 3.05) is 6.61 Å². The molecule has 0 heterocycles. The van der Waals surface area contributed by atoms with E-state index in [-0.39, 0.29) is 24.2 Å². The van der Waals surface area contributed by atoms with Gasteiger partial charge in [0.1, 0.15) is 12.4 Å². The zero-order valence-electron chi connectivity index (χ0n) is 22.6. The molecule has 0 aliphatic heterocycles. The molecule has 37 heavy (non-hydrogen) atoms. The summed E-state index contributed by atoms with van der Waals surface area (Å²) < 4.78 is 39.2. The van der Waals surface area contributed by atoms with Crippen molar-refractivity contribution in [3.8, 4) is 11.5 Å². The van der Waals surface area contributed by atoms with Crippen LogP contribution in [0.4, 0.5) is 8.78 Å². The van der Waals surface area contributed by atoms with E-state index >= 15 is 0 Å². The number of allylic oxidation sites excluding steroid dienone is 3. The molecule has 5 heteroatoms. The summed E-state index contributed by atoms with van der Waals surface area (Å²) >= 11 is 0. The van der Waals surface area contributed by atoms with Gasteiger partial charge in [0, 0.05) is 12.1 Å². The van der Waals surface area contributed by atoms with Gasteiger partial charge in [0.25, 0.3) is 0 Å². The van der Waals surface area contributed by atoms with E-state index in [9.17, 15) is 13.6 Å². The maximum Gasteiger partial charge on any atom is 0.314 e. The minimum absolute atomic E-state index is 0.0759. The van der Waals surface area contributed by atoms with Crippen LogP contribution in [-0.2, 0) is 4.79 Å². The molecule has 3 aliphatic rings. The molecule has 4 unspecified atom stereocenters. The number of carbonyl (C=O) groups is 1. The fourth-order valence-electron chi connectivity index (χ4n) is 7.20. The third kappa shape index (κ3) is 7.45. The van der Waals surface area contributed by atoms with Gasteiger partial charge >= 0.3 is 5.97 Å². The van der Waals surface area contributed by atoms with Gasteiger partial charge in [-0.1, -0.05) is 30.7 Å². The highest BCUT2D eigenvalue weighted by Crippen LogP contribution is 2.49. The minimum atomic E-state index is -0.863. The van der Waals surface area contributed by atoms with Crippen molar-refractivity contribution in [3.63, 3.8) is 0 Å². The molecule has 0 N–H and O–H groups in total. The molecule has 0 saturated heterocycles. The average molecular weight is 515 g/mol. The molecule has 0 spiro atoms. The van der Waals surface area contributed by atoms with Gasteiger partial charge in [0.05, 0.1) is 5.92 Å². The number of fused-ring (bicyclic) bond motifs is 1. The fraction of sp³-hybridized carbons (Fsp3) is 0.656. The van der Waals surface area contributed by atoms with Gasteiger partial charge in [0.15, 0.2) is 17.4 Å². The van der Waals surface area contributed by atoms with Gasteiger partial charge in [-0.3, -0.25) is 4.79 Å². The van der Waals surface area contributed by atoms with Gasteiger partial charge in [-0.05, 0) is 114 Å². The Morgan fingerprint density at radius 3 is 2.11 bits per heavy atom. The quantitative estimate of drug-likeness (QED) is 0.188. The van der Waals surface area contributed by atoms with Crippen LogP contribution in [0, 0.1) is 47.1 Å². The lowest BCUT2D eigenvalue weighted by Crippen LogP contribution is -2.35. The number of ether oxygens (including phenoxy) is 2. The summed E-state index contributed by atoms with van der Waals surface area (Å²) in [5, 5.41) is 0. The molecular formula is C32H44F2O3. The fourth-order valence-corrected chi connectivity index (χ4v) is 7.20. The summed E-state index contributed by atoms with van der Waals surface area (Å²) in [7, 11) is 0. The SMILES string of the molecule is CC=CCCC1CCC2CC(C3CCC(C(=O)Oc4cc(F)c(OCC=CC)c(F)c4)CC3)CCC2C1. The number of hydrogen-bond acceptors (Lipinski definition) is 3. The number of rotatable bonds is 9. The Balaban J connectivity index is 1.22. The van der Waals surface area contributed by atoms with Crippen LogP contribution >= 0.6 is 0 Å². The maximum atomic E-state index is 14.3. The van der Waals surface area contributed by atoms with Crippen molar-refractivity contribution >= 4 is 5.97 Å². The zero-order chi connectivity index (χ0) is 26.2. The molecule has 3 fully saturated rings. The van der Waals surface area contributed by atoms with Crippen molar-refractivity contribution in [2.45, 2.75) is 90.9 Å². The first-order valence-electron chi connectivity index (χ1n) is 14.5. The van der Waals surface area contributed by atoms with E-state index in [0.717, 1.165) is 61.5 Å². The summed E-state index contributed by atoms with van der Waals surface area (Å²) in [6, 6.07) is 2.07. The van der Waals surface area contributed by atoms with E-state index in [1.54, 1.807) is 19.1 Å². The first kappa shape index (κ1) is 27.9. The lowest BCUT2D eigenvalue weighted by atomic mass is 9.60. The maximum absolute atomic E-state index is 14.3. The highest BCUT2D eigenvalue weighted by atomic mass is 19.1. The van der Waals surface area contributed by atoms with Gasteiger partial charge < -0.3 is 9.47 Å². The minimum Gasteiger partial charge on any atom is -0.483 e. The van der Waals surface area contributed by atoms with Gasteiger partial charge in [-0.25, -0.2) is 8.78 Å². The van der Waals surface area contributed by atoms with E-state index < -0.39 is 17.4 Å². The summed E-state index contributed by atoms with van der Waals surface area (Å²) in [6.45, 7) is 3.99. The van der Waals surface area contributed by atoms with Crippen molar-refractivity contribution < 1.29 is 23.0 Å². The Morgan fingerprint density at radius 1 is 0.838 bits per heavy atom. The third-order valence-electron chi connectivity index (χ3n) is 9.26. The second-order valence-electron chi connectivity index (χ2n) is 11.5. The van der Waals surface area contributed by atoms with Crippen molar-refractivity contribution in [2.24, 2.45) is 35.5 Å². The average Bonchev–Trinajstić information content (AvgIpc) is 2.90. The molecule has 1 aromatic carbocycles. The molecule has 4 atom stereocenters. The van der Waals surface area contributed by atoms with Crippen LogP contribution in [-0.4, -0.2) is 12.6 Å². The largest absolute Gasteiger partial charge is 0.483 e. The van der Waals surface area contributed by atoms with E-state index in [1.165, 1.54) is 51.4 Å². The van der Waals surface area contributed by atoms with Crippen LogP contribution in [0.15, 0.2) is 36.4 Å². The van der Waals surface area contributed by atoms with E-state index in [2.05, 4.69) is 19.1 Å². The monoisotopic (exact) mass is 514 g/mol. The van der Waals surface area contributed by atoms with Crippen LogP contribution < -0.4 is 9.47 Å². The van der Waals surface area contributed by atoms with Gasteiger partial charge in [-0.15, -0.1) is 0 Å². The molecule has 3 nitrogen and oxygen atoms in total. The molecule has 0 bridgehead atoms. The van der Waals surface area contributed by atoms with E-state index in [4.69, 9.17) is 9.47 Å². The molecular weight excluding hydrogens is 470 g/mol. The zero-order valence-corrected chi connectivity index (χ0v) is 22.6. The van der Waals surface area contributed by atoms with Crippen LogP contribution in [0.3, 0.4) is 0 Å². The topological polar surface area (TPSA) is 35.5 Å². The smallest absolute Gasteiger partial charge is 0.314 e. The number of hydrogen-bond donors (Lipinski definition) is 0. The highest BCUT2D eigenvalue weighted by molar-refractivity contribution is 5.75. The summed E-state index contributed by atoms with van der Waals surface area (Å²) in [5.41, 5.74) is 0. The standard InChI is InChI=1S/C32H44F2O3/c1-3-5-7-8-22-9-10-27-19-26(16-15-25(27)18-22)23-11-13-24(14-12-23)32(35)37-28-20-29(33)31(30(34)21-28)36-17-6-4-2/h3-6,20-27H,7-19H2,1-2H3. The van der Waals surface area contributed by atoms with Crippen LogP contribution in [0.5, 0.6) is 11.5 Å². The summed E-state index contributed by atoms with van der Waals surface area (Å²) in [4.78, 5) is 12.8. The molecule has 0 aromatic heterocycles. The summed E-state index contributed by atoms with van der Waals surface area (Å²) in [5.74, 6) is 1.38. The number of esters is 1. The first-order valence-corrected chi connectivity index (χ1v) is 14.5. The third-order valence-corrected chi connectivity index (χ3v) is 9.26. The Hall–Kier alpha value is -2.17. The molecule has 3 saturated carbocycles. The highest BCUT2D eigenvalue weighted by Gasteiger charge is 2.39. The van der Waals surface area contributed by atoms with Crippen molar-refractivity contribution in [1.29, 1.82) is 0 Å². The van der Waals surface area contributed by atoms with Crippen LogP contribution in [0.25, 0.3) is 0 Å². The van der Waals surface area contributed by atoms with Gasteiger partial charge in [-0.2, -0.15) is 0 Å². The normalized spacial score (nSPS) is 30.4. The van der Waals surface area contributed by atoms with Crippen molar-refractivity contribution in [1.82, 2.24) is 0 Å². The number of benzene rings is 1. The van der Waals surface area contributed by atoms with Gasteiger partial charge in [0.2, 0.25) is 0 Å². The first-order chi connectivity index (χ1) is 18.0.